The summed E-state index contributed by atoms with van der Waals surface area (Å²) in [5.41, 5.74) is -0.284. The third kappa shape index (κ3) is 5.85. The second kappa shape index (κ2) is 9.44. The Morgan fingerprint density at radius 3 is 2.36 bits per heavy atom. The highest BCUT2D eigenvalue weighted by molar-refractivity contribution is 7.99. The average molecular weight is 494 g/mol. The zero-order chi connectivity index (χ0) is 24.4. The van der Waals surface area contributed by atoms with Crippen LogP contribution in [0.2, 0.25) is 0 Å². The van der Waals surface area contributed by atoms with Crippen LogP contribution < -0.4 is 10.9 Å². The summed E-state index contributed by atoms with van der Waals surface area (Å²) in [5, 5.41) is 2.29. The fraction of sp³-hybridized carbons (Fsp3) is 0.227. The van der Waals surface area contributed by atoms with E-state index >= 15 is 0 Å². The normalized spacial score (nSPS) is 11.9. The van der Waals surface area contributed by atoms with E-state index in [2.05, 4.69) is 15.3 Å². The highest BCUT2D eigenvalue weighted by atomic mass is 32.2. The molecule has 7 nitrogen and oxygen atoms in total. The van der Waals surface area contributed by atoms with Crippen molar-refractivity contribution in [1.82, 2.24) is 9.97 Å². The highest BCUT2D eigenvalue weighted by Gasteiger charge is 2.23. The molecule has 0 spiro atoms. The smallest absolute Gasteiger partial charge is 0.270 e. The van der Waals surface area contributed by atoms with Gasteiger partial charge in [0.1, 0.15) is 11.6 Å². The number of nitrogens with zero attached hydrogens (tertiary/aromatic N) is 1. The summed E-state index contributed by atoms with van der Waals surface area (Å²) in [6.07, 6.45) is 0.936. The number of halogens is 2. The van der Waals surface area contributed by atoms with Gasteiger partial charge in [0.15, 0.2) is 10.1 Å². The van der Waals surface area contributed by atoms with Crippen LogP contribution in [-0.2, 0) is 20.0 Å². The van der Waals surface area contributed by atoms with Gasteiger partial charge in [0.25, 0.3) is 5.56 Å². The van der Waals surface area contributed by atoms with Crippen molar-refractivity contribution in [3.63, 3.8) is 0 Å². The molecular formula is C22H21F2N3O4S2. The SMILES string of the molecule is CC(C)(C)c1ccc(S(=O)(=O)c2cnc(SCC(=O)Nc3ccc(F)cc3F)[nH]c2=O)cc1. The van der Waals surface area contributed by atoms with E-state index in [0.717, 1.165) is 35.7 Å². The summed E-state index contributed by atoms with van der Waals surface area (Å²) in [4.78, 5) is 30.1. The van der Waals surface area contributed by atoms with Crippen LogP contribution in [0.4, 0.5) is 14.5 Å². The molecule has 0 fully saturated rings. The van der Waals surface area contributed by atoms with Crippen molar-refractivity contribution < 1.29 is 22.0 Å². The number of hydrogen-bond acceptors (Lipinski definition) is 6. The summed E-state index contributed by atoms with van der Waals surface area (Å²) >= 11 is 0.821. The number of thioether (sulfide) groups is 1. The van der Waals surface area contributed by atoms with Gasteiger partial charge in [-0.1, -0.05) is 44.7 Å². The number of hydrogen-bond donors (Lipinski definition) is 2. The first-order valence-corrected chi connectivity index (χ1v) is 12.2. The van der Waals surface area contributed by atoms with E-state index < -0.39 is 37.8 Å². The number of nitrogens with one attached hydrogen (secondary N) is 2. The van der Waals surface area contributed by atoms with E-state index in [1.54, 1.807) is 12.1 Å². The van der Waals surface area contributed by atoms with Gasteiger partial charge in [-0.25, -0.2) is 22.2 Å². The number of amides is 1. The molecule has 0 saturated carbocycles. The van der Waals surface area contributed by atoms with E-state index in [1.165, 1.54) is 12.1 Å². The summed E-state index contributed by atoms with van der Waals surface area (Å²) in [7, 11) is -4.10. The Morgan fingerprint density at radius 2 is 1.79 bits per heavy atom. The number of benzene rings is 2. The molecule has 2 N–H and O–H groups in total. The fourth-order valence-electron chi connectivity index (χ4n) is 2.80. The van der Waals surface area contributed by atoms with Gasteiger partial charge in [-0.15, -0.1) is 0 Å². The van der Waals surface area contributed by atoms with Crippen molar-refractivity contribution in [3.05, 3.63) is 76.2 Å². The van der Waals surface area contributed by atoms with E-state index in [9.17, 15) is 26.8 Å². The van der Waals surface area contributed by atoms with Crippen molar-refractivity contribution >= 4 is 33.2 Å². The van der Waals surface area contributed by atoms with Gasteiger partial charge < -0.3 is 10.3 Å². The van der Waals surface area contributed by atoms with Gasteiger partial charge >= 0.3 is 0 Å². The third-order valence-corrected chi connectivity index (χ3v) is 7.26. The molecule has 0 aliphatic heterocycles. The van der Waals surface area contributed by atoms with Crippen LogP contribution in [0, 0.1) is 11.6 Å². The third-order valence-electron chi connectivity index (χ3n) is 4.61. The van der Waals surface area contributed by atoms with Crippen molar-refractivity contribution in [2.45, 2.75) is 41.1 Å². The second-order valence-corrected chi connectivity index (χ2v) is 11.0. The maximum Gasteiger partial charge on any atom is 0.270 e. The number of anilines is 1. The summed E-state index contributed by atoms with van der Waals surface area (Å²) in [6.45, 7) is 5.99. The first-order valence-electron chi connectivity index (χ1n) is 9.70. The van der Waals surface area contributed by atoms with E-state index in [0.29, 0.717) is 6.07 Å². The molecule has 174 valence electrons. The largest absolute Gasteiger partial charge is 0.323 e. The molecule has 0 atom stereocenters. The minimum atomic E-state index is -4.10. The zero-order valence-electron chi connectivity index (χ0n) is 18.0. The number of carbonyl (C=O) groups is 1. The molecule has 33 heavy (non-hydrogen) atoms. The Bertz CT molecular complexity index is 1350. The lowest BCUT2D eigenvalue weighted by atomic mass is 9.87. The molecule has 1 aromatic heterocycles. The maximum absolute atomic E-state index is 13.6. The molecule has 1 amide bonds. The van der Waals surface area contributed by atoms with Crippen molar-refractivity contribution in [2.75, 3.05) is 11.1 Å². The standard InChI is InChI=1S/C22H21F2N3O4S2/c1-22(2,3)13-4-7-15(8-5-13)33(30,31)18-11-25-21(27-20(18)29)32-12-19(28)26-17-9-6-14(23)10-16(17)24/h4-11H,12H2,1-3H3,(H,26,28)(H,25,27,29). The number of H-pyrrole nitrogens is 1. The first kappa shape index (κ1) is 24.6. The second-order valence-electron chi connectivity index (χ2n) is 8.12. The first-order chi connectivity index (χ1) is 15.4. The Labute approximate surface area is 193 Å². The molecule has 0 unspecified atom stereocenters. The molecule has 0 aliphatic rings. The van der Waals surface area contributed by atoms with Crippen LogP contribution in [0.3, 0.4) is 0 Å². The van der Waals surface area contributed by atoms with Crippen LogP contribution in [0.5, 0.6) is 0 Å². The summed E-state index contributed by atoms with van der Waals surface area (Å²) in [6, 6.07) is 9.00. The molecule has 0 bridgehead atoms. The quantitative estimate of drug-likeness (QED) is 0.398. The van der Waals surface area contributed by atoms with Crippen LogP contribution in [0.25, 0.3) is 0 Å². The number of carbonyl (C=O) groups excluding carboxylic acids is 1. The van der Waals surface area contributed by atoms with Gasteiger partial charge in [-0.3, -0.25) is 9.59 Å². The molecule has 1 heterocycles. The van der Waals surface area contributed by atoms with Gasteiger partial charge in [0.2, 0.25) is 15.7 Å². The lowest BCUT2D eigenvalue weighted by molar-refractivity contribution is -0.113. The zero-order valence-corrected chi connectivity index (χ0v) is 19.6. The Hall–Kier alpha value is -3.05. The lowest BCUT2D eigenvalue weighted by Gasteiger charge is -2.19. The van der Waals surface area contributed by atoms with Crippen LogP contribution in [-0.4, -0.2) is 30.0 Å². The number of aromatic amines is 1. The Kier molecular flexibility index (Phi) is 7.03. The van der Waals surface area contributed by atoms with Crippen LogP contribution in [0.15, 0.2) is 68.4 Å². The van der Waals surface area contributed by atoms with Gasteiger partial charge in [-0.05, 0) is 35.2 Å². The minimum Gasteiger partial charge on any atom is -0.323 e. The topological polar surface area (TPSA) is 109 Å². The fourth-order valence-corrected chi connectivity index (χ4v) is 4.67. The predicted octanol–water partition coefficient (Wildman–Crippen LogP) is 3.91. The van der Waals surface area contributed by atoms with Crippen molar-refractivity contribution in [2.24, 2.45) is 0 Å². The highest BCUT2D eigenvalue weighted by Crippen LogP contribution is 2.25. The van der Waals surface area contributed by atoms with Gasteiger partial charge in [-0.2, -0.15) is 0 Å². The monoisotopic (exact) mass is 493 g/mol. The van der Waals surface area contributed by atoms with E-state index in [1.807, 2.05) is 20.8 Å². The summed E-state index contributed by atoms with van der Waals surface area (Å²) in [5.74, 6) is -2.57. The molecule has 11 heteroatoms. The molecule has 3 rings (SSSR count). The Balaban J connectivity index is 1.71. The molecule has 0 radical (unpaired) electrons. The Morgan fingerprint density at radius 1 is 1.12 bits per heavy atom. The number of rotatable bonds is 6. The maximum atomic E-state index is 13.6. The minimum absolute atomic E-state index is 0.0109. The van der Waals surface area contributed by atoms with Gasteiger partial charge in [0.05, 0.1) is 22.5 Å². The molecule has 2 aromatic carbocycles. The molecule has 0 aliphatic carbocycles. The number of aromatic nitrogens is 2. The van der Waals surface area contributed by atoms with E-state index in [-0.39, 0.29) is 26.9 Å². The summed E-state index contributed by atoms with van der Waals surface area (Å²) < 4.78 is 52.3. The van der Waals surface area contributed by atoms with Crippen molar-refractivity contribution in [3.8, 4) is 0 Å². The number of sulfone groups is 1. The van der Waals surface area contributed by atoms with Crippen LogP contribution in [0.1, 0.15) is 26.3 Å². The van der Waals surface area contributed by atoms with Crippen molar-refractivity contribution in [1.29, 1.82) is 0 Å². The lowest BCUT2D eigenvalue weighted by Crippen LogP contribution is -2.20. The molecule has 3 aromatic rings. The molecule has 0 saturated heterocycles. The average Bonchev–Trinajstić information content (AvgIpc) is 2.73. The predicted molar refractivity (Wildman–Crippen MR) is 121 cm³/mol. The van der Waals surface area contributed by atoms with E-state index in [4.69, 9.17) is 0 Å². The molecular weight excluding hydrogens is 472 g/mol. The van der Waals surface area contributed by atoms with Crippen LogP contribution >= 0.6 is 11.8 Å². The van der Waals surface area contributed by atoms with Gasteiger partial charge in [0, 0.05) is 6.07 Å².